The van der Waals surface area contributed by atoms with Gasteiger partial charge in [-0.3, -0.25) is 0 Å². The third kappa shape index (κ3) is 21.6. The maximum Gasteiger partial charge on any atom is 2.00 e. The van der Waals surface area contributed by atoms with Gasteiger partial charge in [-0.25, -0.2) is 0 Å². The summed E-state index contributed by atoms with van der Waals surface area (Å²) in [5, 5.41) is 3.14. The molecule has 17 heteroatoms. The fraction of sp³-hybridized carbons (Fsp3) is 0.109. The first-order chi connectivity index (χ1) is 37.2. The Morgan fingerprint density at radius 1 is 0.383 bits per heavy atom. The molecule has 12 nitrogen and oxygen atoms in total. The molecule has 0 amide bonds. The molecule has 5 aliphatic heterocycles. The Labute approximate surface area is 552 Å². The van der Waals surface area contributed by atoms with Gasteiger partial charge in [0, 0.05) is 51.6 Å². The molecule has 0 bridgehead atoms. The van der Waals surface area contributed by atoms with Crippen LogP contribution in [0.15, 0.2) is 226 Å². The molecular formula is C64H63Ir2N11OPt3-4. The first kappa shape index (κ1) is 69.6. The number of para-hydroxylation sites is 3. The van der Waals surface area contributed by atoms with E-state index >= 15 is 0 Å². The number of nitrogens with one attached hydrogen (secondary N) is 1. The van der Waals surface area contributed by atoms with Gasteiger partial charge < -0.3 is 59.1 Å². The van der Waals surface area contributed by atoms with E-state index in [9.17, 15) is 0 Å². The molecule has 0 fully saturated rings. The average Bonchev–Trinajstić information content (AvgIpc) is 4.39. The van der Waals surface area contributed by atoms with Crippen molar-refractivity contribution in [2.24, 2.45) is 0 Å². The number of nitrogens with zero attached hydrogens (tertiary/aromatic N) is 10. The molecular weight excluding hydrogens is 1910 g/mol. The van der Waals surface area contributed by atoms with E-state index in [2.05, 4.69) is 111 Å². The molecule has 0 unspecified atom stereocenters. The fourth-order valence-corrected chi connectivity index (χ4v) is 7.80. The first-order valence-corrected chi connectivity index (χ1v) is 24.7. The van der Waals surface area contributed by atoms with Crippen LogP contribution >= 0.6 is 0 Å². The van der Waals surface area contributed by atoms with Crippen molar-refractivity contribution in [3.05, 3.63) is 295 Å². The molecule has 81 heavy (non-hydrogen) atoms. The predicted octanol–water partition coefficient (Wildman–Crippen LogP) is 12.1. The second-order valence-electron chi connectivity index (χ2n) is 17.6. The molecule has 0 saturated heterocycles. The number of rotatable bonds is 10. The van der Waals surface area contributed by atoms with Crippen LogP contribution < -0.4 is 39.5 Å². The molecule has 5 aliphatic rings. The Hall–Kier alpha value is -5.64. The van der Waals surface area contributed by atoms with Crippen LogP contribution in [-0.2, 0) is 110 Å². The van der Waals surface area contributed by atoms with Crippen LogP contribution in [0.1, 0.15) is 5.56 Å². The maximum absolute atomic E-state index is 5.14. The van der Waals surface area contributed by atoms with Gasteiger partial charge in [0.1, 0.15) is 0 Å². The van der Waals surface area contributed by atoms with Gasteiger partial charge in [0.25, 0.3) is 0 Å². The standard InChI is InChI=1S/C16H14N2.C15H12N2.C12H15N3.C11H12N2O.C10H10N2.2Ir.3Pt/c1-17-10-11-18(13-17)16-9-5-8-15(12-16)14-6-3-2-4-7-14;1-3-7-14(8-4-1)16-11-12-17(13-16)15-9-5-2-6-10-15;1-13-9-11-4-3-5-12(8-11)15-7-6-14(2)10-15;1-12-6-7-13(9-12)10-4-3-5-11(8-10)14-2;1-11-7-8-12(9-11)10-5-3-2-4-6-10;;;;;/h2-8,10-13H,1H3;1-9,11-13H;3-4,6-8,10,13H,9H2,1-2H3;3,5-9H,1-2H3;2-5,7-9H,1H3;;;;;/q5*-2;;;3*+2. The van der Waals surface area contributed by atoms with E-state index in [0.29, 0.717) is 0 Å². The van der Waals surface area contributed by atoms with Crippen molar-refractivity contribution in [2.45, 2.75) is 6.54 Å². The minimum absolute atomic E-state index is 0. The topological polar surface area (TPSA) is 53.7 Å². The number of benzene rings is 7. The summed E-state index contributed by atoms with van der Waals surface area (Å²) in [6.07, 6.45) is 20.1. The number of anilines is 6. The molecule has 0 aliphatic carbocycles. The Bertz CT molecular complexity index is 2970. The number of hydrogen-bond donors (Lipinski definition) is 1. The molecule has 5 heterocycles. The van der Waals surface area contributed by atoms with E-state index < -0.39 is 0 Å². The summed E-state index contributed by atoms with van der Waals surface area (Å²) in [4.78, 5) is 20.3. The van der Waals surface area contributed by atoms with E-state index in [1.54, 1.807) is 7.11 Å². The van der Waals surface area contributed by atoms with Gasteiger partial charge in [-0.2, -0.15) is 136 Å². The summed E-state index contributed by atoms with van der Waals surface area (Å²) in [7, 11) is 11.6. The molecule has 1 N–H and O–H groups in total. The van der Waals surface area contributed by atoms with Gasteiger partial charge >= 0.3 is 63.2 Å². The fourth-order valence-electron chi connectivity index (χ4n) is 7.80. The number of hydrogen-bond acceptors (Lipinski definition) is 12. The van der Waals surface area contributed by atoms with Gasteiger partial charge in [-0.15, -0.1) is 70.5 Å². The Morgan fingerprint density at radius 3 is 1.23 bits per heavy atom. The van der Waals surface area contributed by atoms with Crippen LogP contribution in [0.25, 0.3) is 11.1 Å². The molecule has 0 spiro atoms. The van der Waals surface area contributed by atoms with Crippen LogP contribution in [-0.4, -0.2) is 61.9 Å². The minimum Gasteiger partial charge on any atom is -0.522 e. The third-order valence-corrected chi connectivity index (χ3v) is 11.7. The van der Waals surface area contributed by atoms with Crippen LogP contribution in [0.4, 0.5) is 34.1 Å². The molecule has 7 aromatic carbocycles. The van der Waals surface area contributed by atoms with Crippen molar-refractivity contribution in [1.29, 1.82) is 0 Å². The summed E-state index contributed by atoms with van der Waals surface area (Å²) in [5.74, 6) is 0.843. The van der Waals surface area contributed by atoms with Crippen LogP contribution in [0, 0.1) is 63.7 Å². The summed E-state index contributed by atoms with van der Waals surface area (Å²) < 4.78 is 5.14. The maximum atomic E-state index is 5.14. The average molecular weight is 1970 g/mol. The molecule has 2 radical (unpaired) electrons. The van der Waals surface area contributed by atoms with Gasteiger partial charge in [-0.05, 0) is 121 Å². The van der Waals surface area contributed by atoms with Crippen molar-refractivity contribution in [3.8, 4) is 16.9 Å². The Morgan fingerprint density at radius 2 is 0.778 bits per heavy atom. The third-order valence-electron chi connectivity index (χ3n) is 11.7. The predicted molar refractivity (Wildman–Crippen MR) is 311 cm³/mol. The van der Waals surface area contributed by atoms with Crippen LogP contribution in [0.3, 0.4) is 0 Å². The zero-order valence-corrected chi connectivity index (χ0v) is 57.1. The van der Waals surface area contributed by atoms with Gasteiger partial charge in [-0.1, -0.05) is 48.5 Å². The molecule has 7 aromatic rings. The van der Waals surface area contributed by atoms with E-state index in [4.69, 9.17) is 4.74 Å². The van der Waals surface area contributed by atoms with E-state index in [-0.39, 0.29) is 103 Å². The van der Waals surface area contributed by atoms with E-state index in [1.807, 2.05) is 268 Å². The summed E-state index contributed by atoms with van der Waals surface area (Å²) in [6, 6.07) is 70.5. The summed E-state index contributed by atoms with van der Waals surface area (Å²) in [5.41, 5.74) is 10.1. The molecule has 0 aromatic heterocycles. The smallest absolute Gasteiger partial charge is 0.522 e. The van der Waals surface area contributed by atoms with Crippen molar-refractivity contribution in [1.82, 2.24) is 24.9 Å². The Balaban J connectivity index is 0.000000263. The van der Waals surface area contributed by atoms with Crippen LogP contribution in [0.2, 0.25) is 0 Å². The van der Waals surface area contributed by atoms with Crippen LogP contribution in [0.5, 0.6) is 5.75 Å². The number of ether oxygens (including phenoxy) is 1. The Kier molecular flexibility index (Phi) is 31.6. The van der Waals surface area contributed by atoms with Crippen molar-refractivity contribution >= 4 is 34.1 Å². The van der Waals surface area contributed by atoms with Gasteiger partial charge in [0.15, 0.2) is 0 Å². The summed E-state index contributed by atoms with van der Waals surface area (Å²) in [6.45, 7) is 11.0. The second kappa shape index (κ2) is 36.7. The van der Waals surface area contributed by atoms with E-state index in [1.165, 1.54) is 16.7 Å². The normalized spacial score (nSPS) is 13.9. The van der Waals surface area contributed by atoms with Gasteiger partial charge in [0.05, 0.1) is 7.11 Å². The SMILES string of the molecule is CN1C=CN(c2[c-]ccc(-c3ccccc3)c2)[CH-]1.CN1C=CN(c2[c-]cccc2)[CH-]1.CNCc1cc[c-]c(N2C=CN(C)[CH-]2)c1.COc1cc[c-]c(N2C=CN(C)[CH-]2)c1.[Ir].[Ir].[Pt+2].[Pt+2].[Pt+2].[c-]1ccccc1N1C=CN(c2ccccc2)[CH-]1. The largest absolute Gasteiger partial charge is 2.00 e. The van der Waals surface area contributed by atoms with E-state index in [0.717, 1.165) is 46.4 Å². The quantitative estimate of drug-likeness (QED) is 0.133. The first-order valence-electron chi connectivity index (χ1n) is 24.7. The van der Waals surface area contributed by atoms with Gasteiger partial charge in [0.2, 0.25) is 0 Å². The molecule has 0 atom stereocenters. The van der Waals surface area contributed by atoms with Crippen molar-refractivity contribution in [2.75, 3.05) is 71.7 Å². The van der Waals surface area contributed by atoms with Crippen molar-refractivity contribution < 1.29 is 108 Å². The zero-order valence-electron chi connectivity index (χ0n) is 45.5. The minimum atomic E-state index is 0. The summed E-state index contributed by atoms with van der Waals surface area (Å²) >= 11 is 0. The molecule has 12 rings (SSSR count). The number of methoxy groups -OCH3 is 1. The second-order valence-corrected chi connectivity index (χ2v) is 17.6. The monoisotopic (exact) mass is 1970 g/mol. The molecule has 432 valence electrons. The molecule has 0 saturated carbocycles. The van der Waals surface area contributed by atoms with Crippen molar-refractivity contribution in [3.63, 3.8) is 0 Å². The zero-order chi connectivity index (χ0) is 52.9.